The summed E-state index contributed by atoms with van der Waals surface area (Å²) in [7, 11) is 1.92. The minimum atomic E-state index is -0.140. The summed E-state index contributed by atoms with van der Waals surface area (Å²) < 4.78 is 18.5. The van der Waals surface area contributed by atoms with E-state index in [9.17, 15) is 4.79 Å². The van der Waals surface area contributed by atoms with E-state index in [1.807, 2.05) is 36.3 Å². The quantitative estimate of drug-likeness (QED) is 0.876. The number of rotatable bonds is 4. The molecular weight excluding hydrogens is 348 g/mol. The van der Waals surface area contributed by atoms with Crippen LogP contribution in [-0.4, -0.2) is 52.7 Å². The Kier molecular flexibility index (Phi) is 4.02. The number of aromatic nitrogens is 2. The van der Waals surface area contributed by atoms with E-state index in [0.29, 0.717) is 11.5 Å². The average Bonchev–Trinajstić information content (AvgIpc) is 3.34. The molecule has 27 heavy (non-hydrogen) atoms. The first-order chi connectivity index (χ1) is 13.1. The maximum Gasteiger partial charge on any atom is 0.231 e. The van der Waals surface area contributed by atoms with E-state index in [-0.39, 0.29) is 30.8 Å². The fourth-order valence-corrected chi connectivity index (χ4v) is 4.16. The van der Waals surface area contributed by atoms with Gasteiger partial charge in [-0.1, -0.05) is 0 Å². The molecule has 0 spiro atoms. The molecule has 1 aromatic carbocycles. The zero-order valence-corrected chi connectivity index (χ0v) is 15.1. The zero-order valence-electron chi connectivity index (χ0n) is 15.1. The molecule has 8 nitrogen and oxygen atoms in total. The van der Waals surface area contributed by atoms with Crippen molar-refractivity contribution in [3.05, 3.63) is 36.2 Å². The molecule has 0 saturated carbocycles. The second-order valence-corrected chi connectivity index (χ2v) is 7.41. The number of likely N-dealkylation sites (tertiary alicyclic amines) is 1. The lowest BCUT2D eigenvalue weighted by Crippen LogP contribution is -2.44. The molecule has 142 valence electrons. The molecule has 3 aliphatic heterocycles. The SMILES string of the molecule is Cn1cc(CN2C[C@@H]3C[C@@H](C(=O)Nc4ccc5c(c4)OCO5)[C@H](C2)O3)cn1. The smallest absolute Gasteiger partial charge is 0.231 e. The summed E-state index contributed by atoms with van der Waals surface area (Å²) in [6, 6.07) is 5.45. The molecule has 3 aliphatic rings. The minimum Gasteiger partial charge on any atom is -0.454 e. The number of hydrogen-bond acceptors (Lipinski definition) is 6. The highest BCUT2D eigenvalue weighted by molar-refractivity contribution is 5.93. The summed E-state index contributed by atoms with van der Waals surface area (Å²) in [4.78, 5) is 15.2. The topological polar surface area (TPSA) is 77.9 Å². The molecule has 2 aromatic rings. The molecule has 2 fully saturated rings. The van der Waals surface area contributed by atoms with E-state index in [1.54, 1.807) is 6.07 Å². The lowest BCUT2D eigenvalue weighted by molar-refractivity contribution is -0.123. The van der Waals surface area contributed by atoms with Gasteiger partial charge in [0.05, 0.1) is 24.3 Å². The molecule has 2 bridgehead atoms. The Morgan fingerprint density at radius 3 is 3.04 bits per heavy atom. The predicted octanol–water partition coefficient (Wildman–Crippen LogP) is 1.38. The van der Waals surface area contributed by atoms with Crippen LogP contribution in [0.5, 0.6) is 11.5 Å². The van der Waals surface area contributed by atoms with Gasteiger partial charge in [0.1, 0.15) is 0 Å². The van der Waals surface area contributed by atoms with Crippen LogP contribution in [0, 0.1) is 5.92 Å². The molecule has 1 aromatic heterocycles. The summed E-state index contributed by atoms with van der Waals surface area (Å²) in [6.07, 6.45) is 4.70. The van der Waals surface area contributed by atoms with Crippen LogP contribution in [0.4, 0.5) is 5.69 Å². The largest absolute Gasteiger partial charge is 0.454 e. The molecular formula is C19H22N4O4. The maximum absolute atomic E-state index is 12.8. The number of benzene rings is 1. The number of hydrogen-bond donors (Lipinski definition) is 1. The van der Waals surface area contributed by atoms with Crippen molar-refractivity contribution in [2.24, 2.45) is 13.0 Å². The van der Waals surface area contributed by atoms with Crippen LogP contribution >= 0.6 is 0 Å². The van der Waals surface area contributed by atoms with E-state index >= 15 is 0 Å². The molecule has 2 saturated heterocycles. The van der Waals surface area contributed by atoms with Gasteiger partial charge in [-0.2, -0.15) is 5.10 Å². The van der Waals surface area contributed by atoms with Crippen LogP contribution in [0.2, 0.25) is 0 Å². The molecule has 0 radical (unpaired) electrons. The van der Waals surface area contributed by atoms with Gasteiger partial charge in [0.15, 0.2) is 11.5 Å². The number of aryl methyl sites for hydroxylation is 1. The molecule has 0 unspecified atom stereocenters. The Balaban J connectivity index is 1.23. The van der Waals surface area contributed by atoms with Crippen molar-refractivity contribution >= 4 is 11.6 Å². The summed E-state index contributed by atoms with van der Waals surface area (Å²) >= 11 is 0. The predicted molar refractivity (Wildman–Crippen MR) is 96.4 cm³/mol. The van der Waals surface area contributed by atoms with Crippen molar-refractivity contribution in [2.45, 2.75) is 25.2 Å². The number of morpholine rings is 1. The van der Waals surface area contributed by atoms with Gasteiger partial charge in [-0.3, -0.25) is 14.4 Å². The second-order valence-electron chi connectivity index (χ2n) is 7.41. The third kappa shape index (κ3) is 3.26. The molecule has 3 atom stereocenters. The highest BCUT2D eigenvalue weighted by Gasteiger charge is 2.44. The van der Waals surface area contributed by atoms with Crippen molar-refractivity contribution in [3.63, 3.8) is 0 Å². The first kappa shape index (κ1) is 16.6. The molecule has 5 rings (SSSR count). The van der Waals surface area contributed by atoms with Gasteiger partial charge in [0.25, 0.3) is 0 Å². The van der Waals surface area contributed by atoms with E-state index in [0.717, 1.165) is 31.7 Å². The van der Waals surface area contributed by atoms with E-state index in [2.05, 4.69) is 15.3 Å². The third-order valence-corrected chi connectivity index (χ3v) is 5.37. The number of ether oxygens (including phenoxy) is 3. The third-order valence-electron chi connectivity index (χ3n) is 5.37. The van der Waals surface area contributed by atoms with Crippen molar-refractivity contribution < 1.29 is 19.0 Å². The Morgan fingerprint density at radius 2 is 2.19 bits per heavy atom. The van der Waals surface area contributed by atoms with Gasteiger partial charge >= 0.3 is 0 Å². The number of nitrogens with one attached hydrogen (secondary N) is 1. The summed E-state index contributed by atoms with van der Waals surface area (Å²) in [5.41, 5.74) is 1.90. The fraction of sp³-hybridized carbons (Fsp3) is 0.474. The van der Waals surface area contributed by atoms with Crippen LogP contribution in [0.15, 0.2) is 30.6 Å². The first-order valence-corrected chi connectivity index (χ1v) is 9.20. The molecule has 4 heterocycles. The highest BCUT2D eigenvalue weighted by Crippen LogP contribution is 2.36. The van der Waals surface area contributed by atoms with Crippen molar-refractivity contribution in [3.8, 4) is 11.5 Å². The molecule has 0 aliphatic carbocycles. The first-order valence-electron chi connectivity index (χ1n) is 9.20. The Labute approximate surface area is 157 Å². The van der Waals surface area contributed by atoms with Gasteiger partial charge in [-0.25, -0.2) is 0 Å². The Morgan fingerprint density at radius 1 is 1.30 bits per heavy atom. The van der Waals surface area contributed by atoms with Crippen LogP contribution in [0.25, 0.3) is 0 Å². The molecule has 1 amide bonds. The number of carbonyl (C=O) groups excluding carboxylic acids is 1. The number of carbonyl (C=O) groups is 1. The second kappa shape index (κ2) is 6.54. The summed E-state index contributed by atoms with van der Waals surface area (Å²) in [6.45, 7) is 2.66. The van der Waals surface area contributed by atoms with Crippen LogP contribution in [0.1, 0.15) is 12.0 Å². The lowest BCUT2D eigenvalue weighted by atomic mass is 9.99. The number of anilines is 1. The molecule has 1 N–H and O–H groups in total. The number of amides is 1. The monoisotopic (exact) mass is 370 g/mol. The summed E-state index contributed by atoms with van der Waals surface area (Å²) in [5, 5.41) is 7.23. The van der Waals surface area contributed by atoms with Gasteiger partial charge < -0.3 is 19.5 Å². The average molecular weight is 370 g/mol. The van der Waals surface area contributed by atoms with Crippen molar-refractivity contribution in [1.82, 2.24) is 14.7 Å². The van der Waals surface area contributed by atoms with Crippen molar-refractivity contribution in [2.75, 3.05) is 25.2 Å². The van der Waals surface area contributed by atoms with E-state index < -0.39 is 0 Å². The zero-order chi connectivity index (χ0) is 18.4. The highest BCUT2D eigenvalue weighted by atomic mass is 16.7. The van der Waals surface area contributed by atoms with Gasteiger partial charge in [0.2, 0.25) is 12.7 Å². The van der Waals surface area contributed by atoms with Crippen LogP contribution in [-0.2, 0) is 23.1 Å². The van der Waals surface area contributed by atoms with Gasteiger partial charge in [0, 0.05) is 50.2 Å². The van der Waals surface area contributed by atoms with Gasteiger partial charge in [-0.05, 0) is 18.6 Å². The lowest BCUT2D eigenvalue weighted by Gasteiger charge is -2.32. The van der Waals surface area contributed by atoms with Crippen LogP contribution in [0.3, 0.4) is 0 Å². The number of fused-ring (bicyclic) bond motifs is 3. The maximum atomic E-state index is 12.8. The van der Waals surface area contributed by atoms with Crippen LogP contribution < -0.4 is 14.8 Å². The standard InChI is InChI=1S/C19H22N4O4/c1-22-7-12(6-20-22)8-23-9-14-5-15(18(10-23)27-14)19(24)21-13-2-3-16-17(4-13)26-11-25-16/h2-4,6-7,14-15,18H,5,8-11H2,1H3,(H,21,24)/t14-,15+,18-/m0/s1. The minimum absolute atomic E-state index is 0.00425. The fourth-order valence-electron chi connectivity index (χ4n) is 4.16. The Bertz CT molecular complexity index is 867. The van der Waals surface area contributed by atoms with Crippen molar-refractivity contribution in [1.29, 1.82) is 0 Å². The normalized spacial score (nSPS) is 26.3. The molecule has 8 heteroatoms. The number of nitrogens with zero attached hydrogens (tertiary/aromatic N) is 3. The Hall–Kier alpha value is -2.58. The van der Waals surface area contributed by atoms with E-state index in [4.69, 9.17) is 14.2 Å². The van der Waals surface area contributed by atoms with Gasteiger partial charge in [-0.15, -0.1) is 0 Å². The summed E-state index contributed by atoms with van der Waals surface area (Å²) in [5.74, 6) is 1.24. The van der Waals surface area contributed by atoms with E-state index in [1.165, 1.54) is 5.56 Å².